The van der Waals surface area contributed by atoms with E-state index in [0.717, 1.165) is 29.7 Å². The molecule has 1 aliphatic rings. The lowest BCUT2D eigenvalue weighted by Gasteiger charge is -2.29. The van der Waals surface area contributed by atoms with Crippen molar-refractivity contribution in [1.29, 1.82) is 0 Å². The van der Waals surface area contributed by atoms with Crippen LogP contribution in [0.3, 0.4) is 0 Å². The van der Waals surface area contributed by atoms with Gasteiger partial charge in [0.2, 0.25) is 5.91 Å². The van der Waals surface area contributed by atoms with Gasteiger partial charge in [-0.15, -0.1) is 0 Å². The summed E-state index contributed by atoms with van der Waals surface area (Å²) in [6.45, 7) is 13.4. The topological polar surface area (TPSA) is 64.7 Å². The fourth-order valence-electron chi connectivity index (χ4n) is 4.40. The molecule has 0 radical (unpaired) electrons. The fraction of sp³-hybridized carbons (Fsp3) is 0.389. The molecule has 3 rings (SSSR count). The van der Waals surface area contributed by atoms with Crippen LogP contribution < -0.4 is 10.7 Å². The Bertz CT molecular complexity index is 1180. The molecule has 1 aliphatic heterocycles. The molecule has 0 saturated carbocycles. The molecule has 42 heavy (non-hydrogen) atoms. The van der Waals surface area contributed by atoms with Crippen molar-refractivity contribution in [1.82, 2.24) is 20.7 Å². The van der Waals surface area contributed by atoms with E-state index in [9.17, 15) is 9.59 Å². The second-order valence-corrected chi connectivity index (χ2v) is 9.53. The normalized spacial score (nSPS) is 13.2. The number of nitrogens with one attached hydrogen (secondary N) is 2. The van der Waals surface area contributed by atoms with Crippen LogP contribution in [-0.4, -0.2) is 54.9 Å². The van der Waals surface area contributed by atoms with Crippen molar-refractivity contribution in [3.63, 3.8) is 0 Å². The summed E-state index contributed by atoms with van der Waals surface area (Å²) in [7, 11) is 3.64. The maximum atomic E-state index is 13.3. The first kappa shape index (κ1) is 36.1. The van der Waals surface area contributed by atoms with Crippen LogP contribution in [0.2, 0.25) is 0 Å². The molecule has 2 amide bonds. The van der Waals surface area contributed by atoms with Gasteiger partial charge in [-0.3, -0.25) is 15.0 Å². The van der Waals surface area contributed by atoms with Crippen LogP contribution in [0.1, 0.15) is 69.4 Å². The SMILES string of the molecule is C/C=C\C=C/C1=CCNC=C1CN(C)NC(=O)CC(Cc1ccccc1)N(C)C(=O)c1ccc(CC)cc1.CC.CC. The van der Waals surface area contributed by atoms with Crippen LogP contribution in [0.4, 0.5) is 0 Å². The van der Waals surface area contributed by atoms with Gasteiger partial charge in [0.1, 0.15) is 0 Å². The molecule has 0 bridgehead atoms. The average Bonchev–Trinajstić information content (AvgIpc) is 3.03. The van der Waals surface area contributed by atoms with E-state index in [1.165, 1.54) is 5.56 Å². The molecule has 1 atom stereocenters. The standard InChI is InChI=1S/C32H40N4O2.2C2H6/c1-5-7-9-14-27-19-20-33-23-29(27)24-35(3)34-31(37)22-30(21-26-12-10-8-11-13-26)36(4)32(38)28-17-15-25(6-2)16-18-28;2*1-2/h5,7-19,23,30,33H,6,20-22,24H2,1-4H3,(H,34,37);2*1-2H3/b7-5-,14-9-;;. The second kappa shape index (κ2) is 20.9. The van der Waals surface area contributed by atoms with Gasteiger partial charge in [0.05, 0.1) is 0 Å². The number of amides is 2. The van der Waals surface area contributed by atoms with Crippen molar-refractivity contribution in [3.8, 4) is 0 Å². The van der Waals surface area contributed by atoms with E-state index in [4.69, 9.17) is 0 Å². The summed E-state index contributed by atoms with van der Waals surface area (Å²) >= 11 is 0. The molecule has 2 N–H and O–H groups in total. The quantitative estimate of drug-likeness (QED) is 0.215. The molecule has 6 heteroatoms. The van der Waals surface area contributed by atoms with Gasteiger partial charge >= 0.3 is 0 Å². The van der Waals surface area contributed by atoms with Crippen molar-refractivity contribution < 1.29 is 9.59 Å². The molecule has 1 heterocycles. The van der Waals surface area contributed by atoms with E-state index < -0.39 is 0 Å². The lowest BCUT2D eigenvalue weighted by atomic mass is 10.0. The molecule has 0 saturated heterocycles. The number of hydrazine groups is 1. The van der Waals surface area contributed by atoms with Crippen LogP contribution in [0, 0.1) is 0 Å². The summed E-state index contributed by atoms with van der Waals surface area (Å²) in [6.07, 6.45) is 13.9. The third-order valence-corrected chi connectivity index (χ3v) is 6.60. The molecule has 2 aromatic rings. The van der Waals surface area contributed by atoms with Gasteiger partial charge in [-0.1, -0.05) is 107 Å². The van der Waals surface area contributed by atoms with Crippen molar-refractivity contribution in [3.05, 3.63) is 119 Å². The van der Waals surface area contributed by atoms with E-state index in [1.54, 1.807) is 17.0 Å². The van der Waals surface area contributed by atoms with E-state index in [2.05, 4.69) is 29.8 Å². The molecule has 6 nitrogen and oxygen atoms in total. The molecule has 0 aliphatic carbocycles. The maximum Gasteiger partial charge on any atom is 0.253 e. The molecule has 1 unspecified atom stereocenters. The van der Waals surface area contributed by atoms with Crippen molar-refractivity contribution in [2.24, 2.45) is 0 Å². The number of allylic oxidation sites excluding steroid dienone is 4. The number of nitrogens with zero attached hydrogens (tertiary/aromatic N) is 2. The number of hydrogen-bond donors (Lipinski definition) is 2. The van der Waals surface area contributed by atoms with Gasteiger partial charge in [0.25, 0.3) is 5.91 Å². The average molecular weight is 573 g/mol. The molecule has 0 fully saturated rings. The number of carbonyl (C=O) groups is 2. The molecule has 228 valence electrons. The molecular formula is C36H52N4O2. The summed E-state index contributed by atoms with van der Waals surface area (Å²) in [5, 5.41) is 5.04. The number of hydrogen-bond acceptors (Lipinski definition) is 4. The van der Waals surface area contributed by atoms with Crippen LogP contribution in [0.25, 0.3) is 0 Å². The molecule has 0 spiro atoms. The highest BCUT2D eigenvalue weighted by molar-refractivity contribution is 5.94. The van der Waals surface area contributed by atoms with E-state index in [-0.39, 0.29) is 24.3 Å². The zero-order valence-electron chi connectivity index (χ0n) is 27.0. The Kier molecular flexibility index (Phi) is 18.0. The minimum Gasteiger partial charge on any atom is -0.387 e. The fourth-order valence-corrected chi connectivity index (χ4v) is 4.40. The van der Waals surface area contributed by atoms with Gasteiger partial charge in [-0.25, -0.2) is 5.01 Å². The minimum absolute atomic E-state index is 0.0872. The lowest BCUT2D eigenvalue weighted by Crippen LogP contribution is -2.46. The van der Waals surface area contributed by atoms with E-state index >= 15 is 0 Å². The number of carbonyl (C=O) groups excluding carboxylic acids is 2. The van der Waals surface area contributed by atoms with Crippen LogP contribution >= 0.6 is 0 Å². The third kappa shape index (κ3) is 12.3. The molecule has 2 aromatic carbocycles. The third-order valence-electron chi connectivity index (χ3n) is 6.60. The zero-order valence-corrected chi connectivity index (χ0v) is 27.0. The second-order valence-electron chi connectivity index (χ2n) is 9.53. The predicted octanol–water partition coefficient (Wildman–Crippen LogP) is 6.88. The minimum atomic E-state index is -0.293. The van der Waals surface area contributed by atoms with Gasteiger partial charge in [-0.05, 0) is 54.2 Å². The van der Waals surface area contributed by atoms with Crippen LogP contribution in [0.15, 0.2) is 102 Å². The lowest BCUT2D eigenvalue weighted by molar-refractivity contribution is -0.126. The summed E-state index contributed by atoms with van der Waals surface area (Å²) in [5.74, 6) is -0.218. The van der Waals surface area contributed by atoms with Crippen LogP contribution in [0.5, 0.6) is 0 Å². The monoisotopic (exact) mass is 572 g/mol. The predicted molar refractivity (Wildman–Crippen MR) is 178 cm³/mol. The first-order valence-electron chi connectivity index (χ1n) is 15.2. The summed E-state index contributed by atoms with van der Waals surface area (Å²) in [5.41, 5.74) is 8.12. The van der Waals surface area contributed by atoms with Crippen molar-refractivity contribution in [2.45, 2.75) is 66.8 Å². The highest BCUT2D eigenvalue weighted by Crippen LogP contribution is 2.17. The number of likely N-dealkylation sites (N-methyl/N-ethyl adjacent to an activating group) is 2. The Morgan fingerprint density at radius 3 is 2.24 bits per heavy atom. The van der Waals surface area contributed by atoms with Crippen molar-refractivity contribution in [2.75, 3.05) is 27.2 Å². The van der Waals surface area contributed by atoms with E-state index in [0.29, 0.717) is 18.5 Å². The van der Waals surface area contributed by atoms with Gasteiger partial charge < -0.3 is 10.2 Å². The summed E-state index contributed by atoms with van der Waals surface area (Å²) < 4.78 is 0. The Morgan fingerprint density at radius 1 is 0.952 bits per heavy atom. The highest BCUT2D eigenvalue weighted by Gasteiger charge is 2.25. The zero-order chi connectivity index (χ0) is 31.3. The molecule has 0 aromatic heterocycles. The highest BCUT2D eigenvalue weighted by atomic mass is 16.2. The molecular weight excluding hydrogens is 520 g/mol. The number of benzene rings is 2. The van der Waals surface area contributed by atoms with Crippen LogP contribution in [-0.2, 0) is 17.6 Å². The maximum absolute atomic E-state index is 13.3. The van der Waals surface area contributed by atoms with Crippen molar-refractivity contribution >= 4 is 11.8 Å². The Morgan fingerprint density at radius 2 is 1.62 bits per heavy atom. The Hall–Kier alpha value is -3.90. The first-order chi connectivity index (χ1) is 20.4. The Labute approximate surface area is 254 Å². The summed E-state index contributed by atoms with van der Waals surface area (Å²) in [6, 6.07) is 17.4. The van der Waals surface area contributed by atoms with Gasteiger partial charge in [0.15, 0.2) is 0 Å². The van der Waals surface area contributed by atoms with Gasteiger partial charge in [0, 0.05) is 51.4 Å². The summed E-state index contributed by atoms with van der Waals surface area (Å²) in [4.78, 5) is 28.2. The first-order valence-corrected chi connectivity index (χ1v) is 15.2. The van der Waals surface area contributed by atoms with E-state index in [1.807, 2.05) is 121 Å². The smallest absolute Gasteiger partial charge is 0.253 e. The number of rotatable bonds is 12. The Balaban J connectivity index is 0.00000211. The largest absolute Gasteiger partial charge is 0.387 e. The number of dihydropyridines is 1. The van der Waals surface area contributed by atoms with Gasteiger partial charge in [-0.2, -0.15) is 0 Å². The number of aryl methyl sites for hydroxylation is 1.